The lowest BCUT2D eigenvalue weighted by Crippen LogP contribution is -2.36. The number of alkyl halides is 3. The Kier molecular flexibility index (Phi) is 8.75. The molecular formula is C25H29F4NO5. The minimum atomic E-state index is -4.69. The van der Waals surface area contributed by atoms with E-state index in [1.54, 1.807) is 27.7 Å². The highest BCUT2D eigenvalue weighted by Gasteiger charge is 2.36. The number of esters is 1. The van der Waals surface area contributed by atoms with Gasteiger partial charge in [0.25, 0.3) is 0 Å². The van der Waals surface area contributed by atoms with E-state index in [0.29, 0.717) is 0 Å². The summed E-state index contributed by atoms with van der Waals surface area (Å²) in [5.74, 6) is -1.86. The first kappa shape index (κ1) is 27.9. The first-order valence-electron chi connectivity index (χ1n) is 10.9. The SMILES string of the molecule is CCOC(=O)CC(NC(=O)OC(C)(C)C)c1c(F)c(C)cc(-c2ccccc2C(F)(F)F)c1OC. The van der Waals surface area contributed by atoms with Gasteiger partial charge in [-0.05, 0) is 57.9 Å². The van der Waals surface area contributed by atoms with Gasteiger partial charge in [0.2, 0.25) is 0 Å². The lowest BCUT2D eigenvalue weighted by molar-refractivity contribution is -0.143. The molecule has 0 fully saturated rings. The molecule has 6 nitrogen and oxygen atoms in total. The van der Waals surface area contributed by atoms with E-state index in [-0.39, 0.29) is 34.6 Å². The van der Waals surface area contributed by atoms with Gasteiger partial charge in [-0.15, -0.1) is 0 Å². The molecule has 0 bridgehead atoms. The molecule has 2 aromatic rings. The summed E-state index contributed by atoms with van der Waals surface area (Å²) in [4.78, 5) is 24.8. The third kappa shape index (κ3) is 7.10. The summed E-state index contributed by atoms with van der Waals surface area (Å²) in [5.41, 5.74) is -2.43. The van der Waals surface area contributed by atoms with Gasteiger partial charge in [-0.3, -0.25) is 4.79 Å². The van der Waals surface area contributed by atoms with E-state index in [1.165, 1.54) is 38.3 Å². The van der Waals surface area contributed by atoms with Gasteiger partial charge < -0.3 is 19.5 Å². The molecule has 1 atom stereocenters. The zero-order valence-electron chi connectivity index (χ0n) is 20.4. The Balaban J connectivity index is 2.76. The maximum atomic E-state index is 15.5. The fraction of sp³-hybridized carbons (Fsp3) is 0.440. The summed E-state index contributed by atoms with van der Waals surface area (Å²) >= 11 is 0. The summed E-state index contributed by atoms with van der Waals surface area (Å²) in [6, 6.07) is 4.68. The number of alkyl carbamates (subject to hydrolysis) is 1. The van der Waals surface area contributed by atoms with Gasteiger partial charge in [0.05, 0.1) is 37.3 Å². The Hall–Kier alpha value is -3.30. The van der Waals surface area contributed by atoms with Crippen LogP contribution < -0.4 is 10.1 Å². The average molecular weight is 500 g/mol. The second-order valence-electron chi connectivity index (χ2n) is 8.75. The van der Waals surface area contributed by atoms with Crippen molar-refractivity contribution in [2.75, 3.05) is 13.7 Å². The molecule has 0 heterocycles. The van der Waals surface area contributed by atoms with Crippen LogP contribution in [0.25, 0.3) is 11.1 Å². The average Bonchev–Trinajstić information content (AvgIpc) is 2.73. The van der Waals surface area contributed by atoms with Crippen molar-refractivity contribution in [2.45, 2.75) is 58.9 Å². The normalized spacial score (nSPS) is 12.6. The van der Waals surface area contributed by atoms with Crippen molar-refractivity contribution in [3.63, 3.8) is 0 Å². The fourth-order valence-electron chi connectivity index (χ4n) is 3.56. The van der Waals surface area contributed by atoms with Gasteiger partial charge in [-0.2, -0.15) is 13.2 Å². The van der Waals surface area contributed by atoms with Crippen LogP contribution in [0.4, 0.5) is 22.4 Å². The van der Waals surface area contributed by atoms with Crippen molar-refractivity contribution < 1.29 is 41.4 Å². The monoisotopic (exact) mass is 499 g/mol. The predicted molar refractivity (Wildman–Crippen MR) is 121 cm³/mol. The zero-order chi connectivity index (χ0) is 26.6. The minimum Gasteiger partial charge on any atom is -0.496 e. The van der Waals surface area contributed by atoms with E-state index in [0.717, 1.165) is 6.07 Å². The maximum Gasteiger partial charge on any atom is 0.417 e. The Morgan fingerprint density at radius 3 is 2.26 bits per heavy atom. The number of rotatable bonds is 7. The summed E-state index contributed by atoms with van der Waals surface area (Å²) in [5, 5.41) is 2.44. The minimum absolute atomic E-state index is 0.00683. The van der Waals surface area contributed by atoms with E-state index in [9.17, 15) is 22.8 Å². The molecule has 1 amide bonds. The third-order valence-electron chi connectivity index (χ3n) is 4.88. The van der Waals surface area contributed by atoms with E-state index in [4.69, 9.17) is 14.2 Å². The van der Waals surface area contributed by atoms with Crippen LogP contribution >= 0.6 is 0 Å². The van der Waals surface area contributed by atoms with Crippen LogP contribution in [0.3, 0.4) is 0 Å². The molecule has 0 saturated carbocycles. The largest absolute Gasteiger partial charge is 0.496 e. The Bertz CT molecular complexity index is 1080. The van der Waals surface area contributed by atoms with E-state index < -0.39 is 47.7 Å². The number of hydrogen-bond donors (Lipinski definition) is 1. The van der Waals surface area contributed by atoms with Gasteiger partial charge in [0.1, 0.15) is 17.2 Å². The van der Waals surface area contributed by atoms with Gasteiger partial charge in [0, 0.05) is 5.56 Å². The van der Waals surface area contributed by atoms with Crippen molar-refractivity contribution in [1.82, 2.24) is 5.32 Å². The zero-order valence-corrected chi connectivity index (χ0v) is 20.4. The number of methoxy groups -OCH3 is 1. The molecule has 2 aromatic carbocycles. The first-order chi connectivity index (χ1) is 16.2. The van der Waals surface area contributed by atoms with Gasteiger partial charge in [-0.25, -0.2) is 9.18 Å². The standard InChI is InChI=1S/C25H29F4NO5/c1-7-34-19(31)13-18(30-23(32)35-24(3,4)5)20-21(26)14(2)12-16(22(20)33-6)15-10-8-9-11-17(15)25(27,28)29/h8-12,18H,7,13H2,1-6H3,(H,30,32). The van der Waals surface area contributed by atoms with E-state index >= 15 is 4.39 Å². The van der Waals surface area contributed by atoms with Crippen LogP contribution in [-0.4, -0.2) is 31.4 Å². The van der Waals surface area contributed by atoms with Crippen LogP contribution in [-0.2, 0) is 20.4 Å². The second-order valence-corrected chi connectivity index (χ2v) is 8.75. The highest BCUT2D eigenvalue weighted by atomic mass is 19.4. The highest BCUT2D eigenvalue weighted by molar-refractivity contribution is 5.79. The molecule has 2 rings (SSSR count). The summed E-state index contributed by atoms with van der Waals surface area (Å²) in [6.45, 7) is 7.84. The second kappa shape index (κ2) is 11.0. The van der Waals surface area contributed by atoms with Crippen molar-refractivity contribution in [3.8, 4) is 16.9 Å². The Morgan fingerprint density at radius 1 is 1.09 bits per heavy atom. The number of benzene rings is 2. The van der Waals surface area contributed by atoms with Crippen molar-refractivity contribution in [1.29, 1.82) is 0 Å². The van der Waals surface area contributed by atoms with Gasteiger partial charge in [0.15, 0.2) is 0 Å². The number of carbonyl (C=O) groups excluding carboxylic acids is 2. The molecule has 10 heteroatoms. The number of ether oxygens (including phenoxy) is 3. The van der Waals surface area contributed by atoms with Crippen LogP contribution in [0.15, 0.2) is 30.3 Å². The Labute approximate surface area is 201 Å². The smallest absolute Gasteiger partial charge is 0.417 e. The first-order valence-corrected chi connectivity index (χ1v) is 10.9. The fourth-order valence-corrected chi connectivity index (χ4v) is 3.56. The predicted octanol–water partition coefficient (Wildman–Crippen LogP) is 6.35. The number of amides is 1. The maximum absolute atomic E-state index is 15.5. The van der Waals surface area contributed by atoms with Crippen LogP contribution in [0, 0.1) is 12.7 Å². The molecule has 0 aliphatic carbocycles. The van der Waals surface area contributed by atoms with Crippen molar-refractivity contribution in [2.24, 2.45) is 0 Å². The molecule has 0 radical (unpaired) electrons. The number of aryl methyl sites for hydroxylation is 1. The van der Waals surface area contributed by atoms with E-state index in [1.807, 2.05) is 0 Å². The molecule has 0 saturated heterocycles. The molecular weight excluding hydrogens is 470 g/mol. The van der Waals surface area contributed by atoms with E-state index in [2.05, 4.69) is 5.32 Å². The molecule has 0 aliphatic rings. The third-order valence-corrected chi connectivity index (χ3v) is 4.88. The number of nitrogens with one attached hydrogen (secondary N) is 1. The molecule has 0 spiro atoms. The van der Waals surface area contributed by atoms with Crippen LogP contribution in [0.1, 0.15) is 56.8 Å². The molecule has 1 unspecified atom stereocenters. The summed E-state index contributed by atoms with van der Waals surface area (Å²) in [6.07, 6.45) is -6.15. The molecule has 0 aromatic heterocycles. The number of halogens is 4. The van der Waals surface area contributed by atoms with Crippen LogP contribution in [0.2, 0.25) is 0 Å². The Morgan fingerprint density at radius 2 is 1.71 bits per heavy atom. The molecule has 35 heavy (non-hydrogen) atoms. The van der Waals surface area contributed by atoms with Gasteiger partial charge >= 0.3 is 18.2 Å². The number of carbonyl (C=O) groups is 2. The molecule has 1 N–H and O–H groups in total. The highest BCUT2D eigenvalue weighted by Crippen LogP contribution is 2.45. The summed E-state index contributed by atoms with van der Waals surface area (Å²) < 4.78 is 72.3. The van der Waals surface area contributed by atoms with Crippen LogP contribution in [0.5, 0.6) is 5.75 Å². The topological polar surface area (TPSA) is 73.9 Å². The molecule has 192 valence electrons. The van der Waals surface area contributed by atoms with Gasteiger partial charge in [-0.1, -0.05) is 18.2 Å². The van der Waals surface area contributed by atoms with Crippen molar-refractivity contribution in [3.05, 3.63) is 52.8 Å². The quantitative estimate of drug-likeness (QED) is 0.355. The molecule has 0 aliphatic heterocycles. The lowest BCUT2D eigenvalue weighted by atomic mass is 9.90. The summed E-state index contributed by atoms with van der Waals surface area (Å²) in [7, 11) is 1.17. The van der Waals surface area contributed by atoms with Crippen molar-refractivity contribution >= 4 is 12.1 Å². The lowest BCUT2D eigenvalue weighted by Gasteiger charge is -2.26. The number of hydrogen-bond acceptors (Lipinski definition) is 5.